The summed E-state index contributed by atoms with van der Waals surface area (Å²) in [6.45, 7) is 7.34. The minimum absolute atomic E-state index is 0.200. The second-order valence-electron chi connectivity index (χ2n) is 6.85. The Bertz CT molecular complexity index is 717. The van der Waals surface area contributed by atoms with Gasteiger partial charge in [0.15, 0.2) is 0 Å². The highest BCUT2D eigenvalue weighted by molar-refractivity contribution is 5.82. The summed E-state index contributed by atoms with van der Waals surface area (Å²) >= 11 is 0. The van der Waals surface area contributed by atoms with E-state index in [9.17, 15) is 4.79 Å². The van der Waals surface area contributed by atoms with Crippen LogP contribution in [0, 0.1) is 0 Å². The van der Waals surface area contributed by atoms with E-state index < -0.39 is 5.60 Å². The van der Waals surface area contributed by atoms with E-state index >= 15 is 0 Å². The lowest BCUT2D eigenvalue weighted by atomic mass is 10.1. The van der Waals surface area contributed by atoms with Crippen LogP contribution in [0.1, 0.15) is 32.6 Å². The molecule has 1 amide bonds. The predicted molar refractivity (Wildman–Crippen MR) is 87.3 cm³/mol. The van der Waals surface area contributed by atoms with Gasteiger partial charge in [0.2, 0.25) is 0 Å². The molecule has 1 atom stereocenters. The topological polar surface area (TPSA) is 56.6 Å². The average Bonchev–Trinajstić information content (AvgIpc) is 2.84. The summed E-state index contributed by atoms with van der Waals surface area (Å²) in [6.07, 6.45) is -0.546. The van der Waals surface area contributed by atoms with Gasteiger partial charge in [-0.3, -0.25) is 4.68 Å². The first-order chi connectivity index (χ1) is 10.8. The molecule has 23 heavy (non-hydrogen) atoms. The molecule has 0 bridgehead atoms. The maximum Gasteiger partial charge on any atom is 0.410 e. The van der Waals surface area contributed by atoms with E-state index in [1.54, 1.807) is 11.9 Å². The molecule has 3 rings (SSSR count). The lowest BCUT2D eigenvalue weighted by Crippen LogP contribution is -2.38. The lowest BCUT2D eigenvalue weighted by Gasteiger charge is -2.30. The third-order valence-electron chi connectivity index (χ3n) is 3.76. The van der Waals surface area contributed by atoms with E-state index in [0.717, 1.165) is 23.1 Å². The predicted octanol–water partition coefficient (Wildman–Crippen LogP) is 2.97. The highest BCUT2D eigenvalue weighted by atomic mass is 16.6. The van der Waals surface area contributed by atoms with Crippen molar-refractivity contribution < 1.29 is 14.3 Å². The van der Waals surface area contributed by atoms with Crippen molar-refractivity contribution >= 4 is 17.0 Å². The zero-order valence-corrected chi connectivity index (χ0v) is 14.1. The smallest absolute Gasteiger partial charge is 0.410 e. The Morgan fingerprint density at radius 3 is 2.91 bits per heavy atom. The number of hydrogen-bond donors (Lipinski definition) is 0. The molecule has 1 aromatic carbocycles. The van der Waals surface area contributed by atoms with E-state index in [1.165, 1.54) is 0 Å². The summed E-state index contributed by atoms with van der Waals surface area (Å²) < 4.78 is 13.3. The van der Waals surface area contributed by atoms with Gasteiger partial charge in [-0.25, -0.2) is 4.79 Å². The molecule has 0 fully saturated rings. The molecule has 1 unspecified atom stereocenters. The molecular formula is C17H23N3O3. The number of hydrogen-bond acceptors (Lipinski definition) is 4. The van der Waals surface area contributed by atoms with E-state index in [-0.39, 0.29) is 12.2 Å². The molecule has 6 heteroatoms. The fourth-order valence-electron chi connectivity index (χ4n) is 2.77. The van der Waals surface area contributed by atoms with Gasteiger partial charge >= 0.3 is 6.09 Å². The minimum Gasteiger partial charge on any atom is -0.444 e. The summed E-state index contributed by atoms with van der Waals surface area (Å²) in [6, 6.07) is 8.01. The normalized spacial score (nSPS) is 17.8. The van der Waals surface area contributed by atoms with Crippen molar-refractivity contribution in [2.45, 2.75) is 39.0 Å². The molecule has 0 N–H and O–H groups in total. The van der Waals surface area contributed by atoms with Crippen LogP contribution in [0.2, 0.25) is 0 Å². The van der Waals surface area contributed by atoms with Crippen LogP contribution in [0.3, 0.4) is 0 Å². The molecule has 0 aliphatic carbocycles. The second kappa shape index (κ2) is 5.85. The van der Waals surface area contributed by atoms with Crippen LogP contribution in [0.25, 0.3) is 10.9 Å². The number of amides is 1. The first-order valence-electron chi connectivity index (χ1n) is 7.86. The maximum atomic E-state index is 12.2. The Morgan fingerprint density at radius 2 is 2.17 bits per heavy atom. The molecule has 1 aliphatic rings. The van der Waals surface area contributed by atoms with E-state index in [2.05, 4.69) is 5.10 Å². The number of ether oxygens (including phenoxy) is 2. The molecule has 0 spiro atoms. The molecule has 1 aromatic heterocycles. The Hall–Kier alpha value is -2.08. The second-order valence-corrected chi connectivity index (χ2v) is 6.85. The Morgan fingerprint density at radius 1 is 1.43 bits per heavy atom. The van der Waals surface area contributed by atoms with Crippen molar-refractivity contribution in [1.29, 1.82) is 0 Å². The largest absolute Gasteiger partial charge is 0.444 e. The molecule has 2 aromatic rings. The molecule has 0 radical (unpaired) electrons. The molecular weight excluding hydrogens is 294 g/mol. The number of carbonyl (C=O) groups is 1. The van der Waals surface area contributed by atoms with E-state index in [1.807, 2.05) is 49.7 Å². The fraction of sp³-hybridized carbons (Fsp3) is 0.529. The molecule has 0 saturated heterocycles. The highest BCUT2D eigenvalue weighted by Gasteiger charge is 2.29. The molecule has 1 aliphatic heterocycles. The van der Waals surface area contributed by atoms with Crippen LogP contribution in [0.15, 0.2) is 24.3 Å². The summed E-state index contributed by atoms with van der Waals surface area (Å²) in [4.78, 5) is 13.7. The van der Waals surface area contributed by atoms with Crippen molar-refractivity contribution in [3.63, 3.8) is 0 Å². The van der Waals surface area contributed by atoms with Gasteiger partial charge in [-0.1, -0.05) is 18.2 Å². The third kappa shape index (κ3) is 3.32. The first kappa shape index (κ1) is 15.8. The number of carbonyl (C=O) groups excluding carboxylic acids is 1. The van der Waals surface area contributed by atoms with Crippen LogP contribution >= 0.6 is 0 Å². The summed E-state index contributed by atoms with van der Waals surface area (Å²) in [5.41, 5.74) is 1.48. The summed E-state index contributed by atoms with van der Waals surface area (Å²) in [5.74, 6) is 0. The molecule has 0 saturated carbocycles. The van der Waals surface area contributed by atoms with Gasteiger partial charge in [0.25, 0.3) is 0 Å². The van der Waals surface area contributed by atoms with Crippen molar-refractivity contribution in [3.8, 4) is 0 Å². The molecule has 6 nitrogen and oxygen atoms in total. The van der Waals surface area contributed by atoms with E-state index in [4.69, 9.17) is 9.47 Å². The lowest BCUT2D eigenvalue weighted by molar-refractivity contribution is -0.0136. The first-order valence-corrected chi connectivity index (χ1v) is 7.86. The Balaban J connectivity index is 1.82. The zero-order chi connectivity index (χ0) is 16.6. The van der Waals surface area contributed by atoms with Gasteiger partial charge in [-0.2, -0.15) is 5.10 Å². The monoisotopic (exact) mass is 317 g/mol. The molecule has 2 heterocycles. The summed E-state index contributed by atoms with van der Waals surface area (Å²) in [7, 11) is 1.73. The number of rotatable bonds is 2. The Labute approximate surface area is 136 Å². The van der Waals surface area contributed by atoms with Gasteiger partial charge in [-0.15, -0.1) is 0 Å². The van der Waals surface area contributed by atoms with Gasteiger partial charge in [0, 0.05) is 12.4 Å². The summed E-state index contributed by atoms with van der Waals surface area (Å²) in [5, 5.41) is 5.70. The fourth-order valence-corrected chi connectivity index (χ4v) is 2.77. The number of likely N-dealkylation sites (N-methyl/N-ethyl adjacent to an activating group) is 1. The third-order valence-corrected chi connectivity index (χ3v) is 3.76. The van der Waals surface area contributed by atoms with Gasteiger partial charge < -0.3 is 14.4 Å². The SMILES string of the molecule is CN(CC1OCCn2nc3ccccc3c21)C(=O)OC(C)(C)C. The van der Waals surface area contributed by atoms with Crippen molar-refractivity contribution in [1.82, 2.24) is 14.7 Å². The molecule has 124 valence electrons. The van der Waals surface area contributed by atoms with Gasteiger partial charge in [-0.05, 0) is 26.8 Å². The van der Waals surface area contributed by atoms with E-state index in [0.29, 0.717) is 13.2 Å². The van der Waals surface area contributed by atoms with Crippen LogP contribution in [0.5, 0.6) is 0 Å². The van der Waals surface area contributed by atoms with Crippen LogP contribution < -0.4 is 0 Å². The number of nitrogens with zero attached hydrogens (tertiary/aromatic N) is 3. The van der Waals surface area contributed by atoms with Crippen LogP contribution in [0.4, 0.5) is 4.79 Å². The van der Waals surface area contributed by atoms with Crippen molar-refractivity contribution in [2.75, 3.05) is 20.2 Å². The number of fused-ring (bicyclic) bond motifs is 3. The quantitative estimate of drug-likeness (QED) is 0.854. The average molecular weight is 317 g/mol. The number of benzene rings is 1. The Kier molecular flexibility index (Phi) is 4.02. The van der Waals surface area contributed by atoms with Crippen molar-refractivity contribution in [2.24, 2.45) is 0 Å². The number of aromatic nitrogens is 2. The minimum atomic E-state index is -0.507. The highest BCUT2D eigenvalue weighted by Crippen LogP contribution is 2.30. The maximum absolute atomic E-state index is 12.2. The van der Waals surface area contributed by atoms with Gasteiger partial charge in [0.1, 0.15) is 11.7 Å². The van der Waals surface area contributed by atoms with Crippen molar-refractivity contribution in [3.05, 3.63) is 30.0 Å². The standard InChI is InChI=1S/C17H23N3O3/c1-17(2,3)23-16(21)19(4)11-14-15-12-7-5-6-8-13(12)18-20(15)9-10-22-14/h5-8,14H,9-11H2,1-4H3. The van der Waals surface area contributed by atoms with Gasteiger partial charge in [0.05, 0.1) is 30.9 Å². The zero-order valence-electron chi connectivity index (χ0n) is 14.1. The van der Waals surface area contributed by atoms with Crippen LogP contribution in [-0.2, 0) is 16.0 Å². The van der Waals surface area contributed by atoms with Crippen LogP contribution in [-0.4, -0.2) is 46.6 Å².